The van der Waals surface area contributed by atoms with E-state index in [0.717, 1.165) is 29.1 Å². The van der Waals surface area contributed by atoms with Crippen LogP contribution in [0.4, 0.5) is 11.8 Å². The van der Waals surface area contributed by atoms with Gasteiger partial charge in [-0.15, -0.1) is 11.3 Å². The Bertz CT molecular complexity index is 580. The van der Waals surface area contributed by atoms with Crippen molar-refractivity contribution in [1.29, 1.82) is 0 Å². The third-order valence-electron chi connectivity index (χ3n) is 3.92. The van der Waals surface area contributed by atoms with Gasteiger partial charge in [-0.2, -0.15) is 4.98 Å². The van der Waals surface area contributed by atoms with Crippen LogP contribution in [0.2, 0.25) is 0 Å². The fourth-order valence-corrected chi connectivity index (χ4v) is 3.51. The first-order valence-electron chi connectivity index (χ1n) is 6.88. The molecule has 0 radical (unpaired) electrons. The SMILES string of the molecule is CNc1nc(N2CC(C)CCC2C)c2ccsc2n1. The second-order valence-corrected chi connectivity index (χ2v) is 6.34. The first-order chi connectivity index (χ1) is 9.19. The van der Waals surface area contributed by atoms with Gasteiger partial charge in [0.05, 0.1) is 5.39 Å². The number of thiophene rings is 1. The average molecular weight is 276 g/mol. The molecule has 4 nitrogen and oxygen atoms in total. The standard InChI is InChI=1S/C14H20N4S/c1-9-4-5-10(2)18(8-9)12-11-6-7-19-13(11)17-14(15-3)16-12/h6-7,9-10H,4-5,8H2,1-3H3,(H,15,16,17). The third kappa shape index (κ3) is 2.27. The zero-order valence-corrected chi connectivity index (χ0v) is 12.5. The number of fused-ring (bicyclic) bond motifs is 1. The van der Waals surface area contributed by atoms with E-state index >= 15 is 0 Å². The molecule has 0 aliphatic carbocycles. The van der Waals surface area contributed by atoms with Crippen molar-refractivity contribution in [3.05, 3.63) is 11.4 Å². The zero-order valence-electron chi connectivity index (χ0n) is 11.7. The molecule has 3 heterocycles. The van der Waals surface area contributed by atoms with Gasteiger partial charge in [-0.25, -0.2) is 4.98 Å². The smallest absolute Gasteiger partial charge is 0.225 e. The van der Waals surface area contributed by atoms with E-state index in [4.69, 9.17) is 4.98 Å². The normalized spacial score (nSPS) is 23.8. The van der Waals surface area contributed by atoms with Gasteiger partial charge in [0, 0.05) is 19.6 Å². The molecule has 19 heavy (non-hydrogen) atoms. The fraction of sp³-hybridized carbons (Fsp3) is 0.571. The van der Waals surface area contributed by atoms with Crippen LogP contribution in [0, 0.1) is 5.92 Å². The van der Waals surface area contributed by atoms with Crippen molar-refractivity contribution in [3.63, 3.8) is 0 Å². The second-order valence-electron chi connectivity index (χ2n) is 5.44. The fourth-order valence-electron chi connectivity index (χ4n) is 2.75. The molecule has 1 saturated heterocycles. The van der Waals surface area contributed by atoms with E-state index in [2.05, 4.69) is 40.5 Å². The van der Waals surface area contributed by atoms with E-state index in [1.165, 1.54) is 18.2 Å². The Morgan fingerprint density at radius 2 is 2.16 bits per heavy atom. The van der Waals surface area contributed by atoms with Gasteiger partial charge in [0.1, 0.15) is 10.6 Å². The lowest BCUT2D eigenvalue weighted by Gasteiger charge is -2.38. The highest BCUT2D eigenvalue weighted by Gasteiger charge is 2.26. The Morgan fingerprint density at radius 3 is 2.95 bits per heavy atom. The predicted octanol–water partition coefficient (Wildman–Crippen LogP) is 3.36. The number of hydrogen-bond donors (Lipinski definition) is 1. The van der Waals surface area contributed by atoms with Crippen molar-refractivity contribution < 1.29 is 0 Å². The molecular weight excluding hydrogens is 256 g/mol. The van der Waals surface area contributed by atoms with Crippen LogP contribution in [0.1, 0.15) is 26.7 Å². The summed E-state index contributed by atoms with van der Waals surface area (Å²) in [6, 6.07) is 2.69. The van der Waals surface area contributed by atoms with Gasteiger partial charge in [-0.05, 0) is 37.1 Å². The van der Waals surface area contributed by atoms with E-state index in [0.29, 0.717) is 6.04 Å². The van der Waals surface area contributed by atoms with Crippen LogP contribution >= 0.6 is 11.3 Å². The second kappa shape index (κ2) is 4.96. The van der Waals surface area contributed by atoms with Crippen molar-refractivity contribution in [1.82, 2.24) is 9.97 Å². The molecule has 1 aliphatic rings. The van der Waals surface area contributed by atoms with E-state index in [9.17, 15) is 0 Å². The molecule has 0 spiro atoms. The van der Waals surface area contributed by atoms with Crippen molar-refractivity contribution in [2.24, 2.45) is 5.92 Å². The summed E-state index contributed by atoms with van der Waals surface area (Å²) in [6.07, 6.45) is 2.56. The summed E-state index contributed by atoms with van der Waals surface area (Å²) in [5, 5.41) is 6.35. The number of nitrogens with one attached hydrogen (secondary N) is 1. The van der Waals surface area contributed by atoms with Crippen LogP contribution in [-0.4, -0.2) is 29.6 Å². The molecule has 0 aromatic carbocycles. The molecule has 2 atom stereocenters. The quantitative estimate of drug-likeness (QED) is 0.913. The minimum absolute atomic E-state index is 0.555. The summed E-state index contributed by atoms with van der Waals surface area (Å²) >= 11 is 1.68. The number of piperidine rings is 1. The summed E-state index contributed by atoms with van der Waals surface area (Å²) in [4.78, 5) is 12.8. The maximum atomic E-state index is 4.71. The van der Waals surface area contributed by atoms with Crippen LogP contribution in [0.3, 0.4) is 0 Å². The molecule has 5 heteroatoms. The van der Waals surface area contributed by atoms with Crippen molar-refractivity contribution >= 4 is 33.3 Å². The zero-order chi connectivity index (χ0) is 13.4. The highest BCUT2D eigenvalue weighted by molar-refractivity contribution is 7.16. The van der Waals surface area contributed by atoms with Crippen LogP contribution in [0.5, 0.6) is 0 Å². The van der Waals surface area contributed by atoms with Gasteiger partial charge in [-0.3, -0.25) is 0 Å². The molecule has 2 aromatic rings. The summed E-state index contributed by atoms with van der Waals surface area (Å²) in [5.41, 5.74) is 0. The lowest BCUT2D eigenvalue weighted by molar-refractivity contribution is 0.389. The topological polar surface area (TPSA) is 41.1 Å². The first kappa shape index (κ1) is 12.7. The van der Waals surface area contributed by atoms with E-state index < -0.39 is 0 Å². The summed E-state index contributed by atoms with van der Waals surface area (Å²) < 4.78 is 0. The number of anilines is 2. The highest BCUT2D eigenvalue weighted by atomic mass is 32.1. The van der Waals surface area contributed by atoms with Crippen LogP contribution in [-0.2, 0) is 0 Å². The lowest BCUT2D eigenvalue weighted by Crippen LogP contribution is -2.41. The number of rotatable bonds is 2. The van der Waals surface area contributed by atoms with Gasteiger partial charge in [0.15, 0.2) is 0 Å². The summed E-state index contributed by atoms with van der Waals surface area (Å²) in [7, 11) is 1.88. The van der Waals surface area contributed by atoms with E-state index in [1.807, 2.05) is 7.05 Å². The molecule has 0 saturated carbocycles. The maximum absolute atomic E-state index is 4.71. The van der Waals surface area contributed by atoms with Gasteiger partial charge in [0.25, 0.3) is 0 Å². The van der Waals surface area contributed by atoms with Crippen molar-refractivity contribution in [2.75, 3.05) is 23.8 Å². The highest BCUT2D eigenvalue weighted by Crippen LogP contribution is 2.33. The summed E-state index contributed by atoms with van der Waals surface area (Å²) in [6.45, 7) is 5.71. The molecule has 3 rings (SSSR count). The molecule has 0 bridgehead atoms. The Kier molecular flexibility index (Phi) is 3.31. The molecule has 1 N–H and O–H groups in total. The van der Waals surface area contributed by atoms with Gasteiger partial charge in [-0.1, -0.05) is 6.92 Å². The Balaban J connectivity index is 2.09. The minimum Gasteiger partial charge on any atom is -0.357 e. The van der Waals surface area contributed by atoms with Crippen LogP contribution in [0.15, 0.2) is 11.4 Å². The predicted molar refractivity (Wildman–Crippen MR) is 82.2 cm³/mol. The average Bonchev–Trinajstić information content (AvgIpc) is 2.88. The molecule has 1 aliphatic heterocycles. The van der Waals surface area contributed by atoms with Gasteiger partial charge >= 0.3 is 0 Å². The molecule has 1 fully saturated rings. The monoisotopic (exact) mass is 276 g/mol. The lowest BCUT2D eigenvalue weighted by atomic mass is 9.95. The third-order valence-corrected chi connectivity index (χ3v) is 4.72. The Morgan fingerprint density at radius 1 is 1.32 bits per heavy atom. The van der Waals surface area contributed by atoms with Crippen LogP contribution < -0.4 is 10.2 Å². The number of nitrogens with zero attached hydrogens (tertiary/aromatic N) is 3. The van der Waals surface area contributed by atoms with Crippen LogP contribution in [0.25, 0.3) is 10.2 Å². The maximum Gasteiger partial charge on any atom is 0.225 e. The minimum atomic E-state index is 0.555. The molecular formula is C14H20N4S. The van der Waals surface area contributed by atoms with E-state index in [-0.39, 0.29) is 0 Å². The van der Waals surface area contributed by atoms with Gasteiger partial charge < -0.3 is 10.2 Å². The molecule has 2 aromatic heterocycles. The molecule has 102 valence electrons. The Hall–Kier alpha value is -1.36. The number of hydrogen-bond acceptors (Lipinski definition) is 5. The summed E-state index contributed by atoms with van der Waals surface area (Å²) in [5.74, 6) is 2.54. The number of aromatic nitrogens is 2. The van der Waals surface area contributed by atoms with E-state index in [1.54, 1.807) is 11.3 Å². The van der Waals surface area contributed by atoms with Gasteiger partial charge in [0.2, 0.25) is 5.95 Å². The first-order valence-corrected chi connectivity index (χ1v) is 7.76. The van der Waals surface area contributed by atoms with Crippen molar-refractivity contribution in [3.8, 4) is 0 Å². The molecule has 0 amide bonds. The molecule has 2 unspecified atom stereocenters. The van der Waals surface area contributed by atoms with Crippen molar-refractivity contribution in [2.45, 2.75) is 32.7 Å². The Labute approximate surface area is 117 Å². The largest absolute Gasteiger partial charge is 0.357 e.